The molecule has 1 fully saturated rings. The molecule has 106 valence electrons. The number of rotatable bonds is 7. The smallest absolute Gasteiger partial charge is 0.127 e. The van der Waals surface area contributed by atoms with E-state index in [9.17, 15) is 0 Å². The van der Waals surface area contributed by atoms with Gasteiger partial charge >= 0.3 is 0 Å². The van der Waals surface area contributed by atoms with Gasteiger partial charge in [-0.1, -0.05) is 0 Å². The Labute approximate surface area is 115 Å². The zero-order valence-electron chi connectivity index (χ0n) is 12.0. The first-order chi connectivity index (χ1) is 9.21. The standard InChI is InChI=1S/C15H23NO3/c1-16-8-7-15(5-4-6-15)19-14-10-12(17-2)9-13(11-14)18-3/h9-11,16H,4-8H2,1-3H3. The van der Waals surface area contributed by atoms with E-state index in [1.54, 1.807) is 14.2 Å². The van der Waals surface area contributed by atoms with Gasteiger partial charge in [0.15, 0.2) is 0 Å². The summed E-state index contributed by atoms with van der Waals surface area (Å²) in [5.74, 6) is 2.35. The molecule has 1 N–H and O–H groups in total. The molecule has 1 aromatic rings. The van der Waals surface area contributed by atoms with Crippen molar-refractivity contribution in [1.29, 1.82) is 0 Å². The van der Waals surface area contributed by atoms with Gasteiger partial charge in [0.1, 0.15) is 22.8 Å². The molecule has 4 heteroatoms. The van der Waals surface area contributed by atoms with Gasteiger partial charge in [0.2, 0.25) is 0 Å². The van der Waals surface area contributed by atoms with Gasteiger partial charge in [0.05, 0.1) is 14.2 Å². The molecule has 0 amide bonds. The molecule has 0 unspecified atom stereocenters. The maximum Gasteiger partial charge on any atom is 0.127 e. The van der Waals surface area contributed by atoms with Crippen LogP contribution < -0.4 is 19.5 Å². The van der Waals surface area contributed by atoms with Crippen molar-refractivity contribution >= 4 is 0 Å². The minimum atomic E-state index is -0.0135. The van der Waals surface area contributed by atoms with E-state index in [4.69, 9.17) is 14.2 Å². The third-order valence-electron chi connectivity index (χ3n) is 3.75. The minimum Gasteiger partial charge on any atom is -0.496 e. The first-order valence-corrected chi connectivity index (χ1v) is 6.78. The van der Waals surface area contributed by atoms with Crippen LogP contribution in [0.15, 0.2) is 18.2 Å². The quantitative estimate of drug-likeness (QED) is 0.822. The summed E-state index contributed by atoms with van der Waals surface area (Å²) in [6.07, 6.45) is 4.51. The molecule has 19 heavy (non-hydrogen) atoms. The summed E-state index contributed by atoms with van der Waals surface area (Å²) in [6.45, 7) is 0.973. The lowest BCUT2D eigenvalue weighted by Crippen LogP contribution is -2.45. The van der Waals surface area contributed by atoms with Crippen LogP contribution in [0.25, 0.3) is 0 Å². The summed E-state index contributed by atoms with van der Waals surface area (Å²) in [5, 5.41) is 3.19. The molecule has 1 saturated carbocycles. The van der Waals surface area contributed by atoms with Gasteiger partial charge in [-0.05, 0) is 39.3 Å². The summed E-state index contributed by atoms with van der Waals surface area (Å²) in [6, 6.07) is 5.69. The van der Waals surface area contributed by atoms with Crippen molar-refractivity contribution < 1.29 is 14.2 Å². The molecular formula is C15H23NO3. The first kappa shape index (κ1) is 14.0. The van der Waals surface area contributed by atoms with E-state index < -0.39 is 0 Å². The van der Waals surface area contributed by atoms with Crippen molar-refractivity contribution in [2.45, 2.75) is 31.3 Å². The molecule has 0 heterocycles. The van der Waals surface area contributed by atoms with Gasteiger partial charge in [-0.3, -0.25) is 0 Å². The number of ether oxygens (including phenoxy) is 3. The van der Waals surface area contributed by atoms with Gasteiger partial charge in [0, 0.05) is 18.2 Å². The average Bonchev–Trinajstić information content (AvgIpc) is 2.41. The highest BCUT2D eigenvalue weighted by atomic mass is 16.5. The molecule has 0 atom stereocenters. The largest absolute Gasteiger partial charge is 0.496 e. The highest BCUT2D eigenvalue weighted by Gasteiger charge is 2.38. The summed E-state index contributed by atoms with van der Waals surface area (Å²) >= 11 is 0. The molecule has 1 aliphatic carbocycles. The predicted octanol–water partition coefficient (Wildman–Crippen LogP) is 2.61. The molecule has 0 aromatic heterocycles. The van der Waals surface area contributed by atoms with Gasteiger partial charge in [-0.15, -0.1) is 0 Å². The molecule has 0 saturated heterocycles. The summed E-state index contributed by atoms with van der Waals surface area (Å²) in [4.78, 5) is 0. The van der Waals surface area contributed by atoms with E-state index >= 15 is 0 Å². The Morgan fingerprint density at radius 2 is 1.63 bits per heavy atom. The number of nitrogens with one attached hydrogen (secondary N) is 1. The molecule has 1 aromatic carbocycles. The fourth-order valence-electron chi connectivity index (χ4n) is 2.42. The SMILES string of the molecule is CNCCC1(Oc2cc(OC)cc(OC)c2)CCC1. The van der Waals surface area contributed by atoms with E-state index in [0.717, 1.165) is 43.1 Å². The average molecular weight is 265 g/mol. The van der Waals surface area contributed by atoms with E-state index in [1.165, 1.54) is 6.42 Å². The Balaban J connectivity index is 2.12. The molecule has 2 rings (SSSR count). The van der Waals surface area contributed by atoms with Crippen LogP contribution in [-0.2, 0) is 0 Å². The van der Waals surface area contributed by atoms with Crippen molar-refractivity contribution in [2.24, 2.45) is 0 Å². The lowest BCUT2D eigenvalue weighted by molar-refractivity contribution is -0.0141. The fourth-order valence-corrected chi connectivity index (χ4v) is 2.42. The van der Waals surface area contributed by atoms with Gasteiger partial charge in [-0.2, -0.15) is 0 Å². The lowest BCUT2D eigenvalue weighted by atomic mass is 9.77. The maximum atomic E-state index is 6.22. The van der Waals surface area contributed by atoms with Crippen LogP contribution in [0.1, 0.15) is 25.7 Å². The minimum absolute atomic E-state index is 0.0135. The third kappa shape index (κ3) is 3.32. The molecule has 0 bridgehead atoms. The summed E-state index contributed by atoms with van der Waals surface area (Å²) in [7, 11) is 5.28. The van der Waals surface area contributed by atoms with E-state index in [2.05, 4.69) is 5.32 Å². The Kier molecular flexibility index (Phi) is 4.53. The van der Waals surface area contributed by atoms with Crippen LogP contribution in [0.4, 0.5) is 0 Å². The zero-order chi connectivity index (χ0) is 13.7. The van der Waals surface area contributed by atoms with Crippen molar-refractivity contribution in [3.05, 3.63) is 18.2 Å². The highest BCUT2D eigenvalue weighted by molar-refractivity contribution is 5.42. The summed E-state index contributed by atoms with van der Waals surface area (Å²) < 4.78 is 16.8. The molecular weight excluding hydrogens is 242 g/mol. The Morgan fingerprint density at radius 3 is 2.05 bits per heavy atom. The van der Waals surface area contributed by atoms with Gasteiger partial charge in [-0.25, -0.2) is 0 Å². The predicted molar refractivity (Wildman–Crippen MR) is 75.3 cm³/mol. The zero-order valence-corrected chi connectivity index (χ0v) is 12.0. The van der Waals surface area contributed by atoms with Gasteiger partial charge < -0.3 is 19.5 Å². The number of methoxy groups -OCH3 is 2. The lowest BCUT2D eigenvalue weighted by Gasteiger charge is -2.42. The summed E-state index contributed by atoms with van der Waals surface area (Å²) in [5.41, 5.74) is -0.0135. The van der Waals surface area contributed by atoms with Crippen molar-refractivity contribution in [3.8, 4) is 17.2 Å². The Hall–Kier alpha value is -1.42. The van der Waals surface area contributed by atoms with Crippen LogP contribution in [0.2, 0.25) is 0 Å². The third-order valence-corrected chi connectivity index (χ3v) is 3.75. The van der Waals surface area contributed by atoms with Crippen LogP contribution in [0.5, 0.6) is 17.2 Å². The molecule has 4 nitrogen and oxygen atoms in total. The van der Waals surface area contributed by atoms with Crippen LogP contribution in [-0.4, -0.2) is 33.4 Å². The van der Waals surface area contributed by atoms with E-state index in [0.29, 0.717) is 0 Å². The molecule has 0 aliphatic heterocycles. The van der Waals surface area contributed by atoms with Crippen molar-refractivity contribution in [3.63, 3.8) is 0 Å². The normalized spacial score (nSPS) is 16.6. The topological polar surface area (TPSA) is 39.7 Å². The molecule has 1 aliphatic rings. The molecule has 0 radical (unpaired) electrons. The first-order valence-electron chi connectivity index (χ1n) is 6.78. The Bertz CT molecular complexity index is 394. The van der Waals surface area contributed by atoms with E-state index in [1.807, 2.05) is 25.2 Å². The molecule has 0 spiro atoms. The Morgan fingerprint density at radius 1 is 1.05 bits per heavy atom. The highest BCUT2D eigenvalue weighted by Crippen LogP contribution is 2.40. The maximum absolute atomic E-state index is 6.22. The second kappa shape index (κ2) is 6.15. The number of hydrogen-bond acceptors (Lipinski definition) is 4. The van der Waals surface area contributed by atoms with Crippen LogP contribution in [0, 0.1) is 0 Å². The van der Waals surface area contributed by atoms with Crippen molar-refractivity contribution in [2.75, 3.05) is 27.8 Å². The van der Waals surface area contributed by atoms with Crippen LogP contribution in [0.3, 0.4) is 0 Å². The second-order valence-electron chi connectivity index (χ2n) is 5.04. The number of hydrogen-bond donors (Lipinski definition) is 1. The second-order valence-corrected chi connectivity index (χ2v) is 5.04. The fraction of sp³-hybridized carbons (Fsp3) is 0.600. The van der Waals surface area contributed by atoms with E-state index in [-0.39, 0.29) is 5.60 Å². The van der Waals surface area contributed by atoms with Crippen LogP contribution >= 0.6 is 0 Å². The monoisotopic (exact) mass is 265 g/mol. The number of benzene rings is 1. The van der Waals surface area contributed by atoms with Crippen molar-refractivity contribution in [1.82, 2.24) is 5.32 Å². The van der Waals surface area contributed by atoms with Gasteiger partial charge in [0.25, 0.3) is 0 Å².